The maximum Gasteiger partial charge on any atom is 0.253 e. The summed E-state index contributed by atoms with van der Waals surface area (Å²) in [5, 5.41) is 3.86. The molecule has 6 nitrogen and oxygen atoms in total. The maximum atomic E-state index is 13.7. The molecule has 1 aliphatic heterocycles. The SMILES string of the molecule is COc1ccc(C(=O)NC2CCCCC2C(=O)N2CCC(c3ccc(Cl)cc3)C(C)(C)C2)cn1. The van der Waals surface area contributed by atoms with E-state index < -0.39 is 0 Å². The first kappa shape index (κ1) is 24.5. The van der Waals surface area contributed by atoms with Gasteiger partial charge >= 0.3 is 0 Å². The van der Waals surface area contributed by atoms with Crippen molar-refractivity contribution in [2.75, 3.05) is 20.2 Å². The fourth-order valence-electron chi connectivity index (χ4n) is 5.58. The van der Waals surface area contributed by atoms with Crippen molar-refractivity contribution in [3.8, 4) is 5.88 Å². The van der Waals surface area contributed by atoms with E-state index in [1.807, 2.05) is 17.0 Å². The van der Waals surface area contributed by atoms with Crippen LogP contribution in [-0.4, -0.2) is 47.9 Å². The van der Waals surface area contributed by atoms with Crippen molar-refractivity contribution >= 4 is 23.4 Å². The number of benzene rings is 1. The standard InChI is InChI=1S/C27H34ClN3O3/c1-27(2)17-31(15-14-22(27)18-8-11-20(28)12-9-18)26(33)21-6-4-5-7-23(21)30-25(32)19-10-13-24(34-3)29-16-19/h8-13,16,21-23H,4-7,14-15,17H2,1-3H3,(H,30,32). The fourth-order valence-corrected chi connectivity index (χ4v) is 5.70. The van der Waals surface area contributed by atoms with Crippen molar-refractivity contribution in [2.24, 2.45) is 11.3 Å². The molecule has 1 saturated heterocycles. The van der Waals surface area contributed by atoms with E-state index in [2.05, 4.69) is 36.3 Å². The second kappa shape index (κ2) is 10.3. The Morgan fingerprint density at radius 1 is 1.09 bits per heavy atom. The van der Waals surface area contributed by atoms with E-state index in [-0.39, 0.29) is 29.2 Å². The highest BCUT2D eigenvalue weighted by Gasteiger charge is 2.42. The minimum absolute atomic E-state index is 0.0517. The molecule has 1 aromatic heterocycles. The summed E-state index contributed by atoms with van der Waals surface area (Å²) in [6.45, 7) is 5.92. The summed E-state index contributed by atoms with van der Waals surface area (Å²) in [4.78, 5) is 32.7. The van der Waals surface area contributed by atoms with Crippen molar-refractivity contribution < 1.29 is 14.3 Å². The lowest BCUT2D eigenvalue weighted by molar-refractivity contribution is -0.141. The van der Waals surface area contributed by atoms with E-state index >= 15 is 0 Å². The van der Waals surface area contributed by atoms with E-state index in [9.17, 15) is 9.59 Å². The van der Waals surface area contributed by atoms with Crippen LogP contribution in [0, 0.1) is 11.3 Å². The summed E-state index contributed by atoms with van der Waals surface area (Å²) in [6, 6.07) is 11.3. The van der Waals surface area contributed by atoms with E-state index in [1.54, 1.807) is 19.2 Å². The summed E-state index contributed by atoms with van der Waals surface area (Å²) in [5.74, 6) is 0.624. The normalized spacial score (nSPS) is 24.4. The molecule has 3 atom stereocenters. The summed E-state index contributed by atoms with van der Waals surface area (Å²) in [7, 11) is 1.54. The molecule has 4 rings (SSSR count). The minimum atomic E-state index is -0.193. The largest absolute Gasteiger partial charge is 0.481 e. The van der Waals surface area contributed by atoms with Gasteiger partial charge in [-0.3, -0.25) is 9.59 Å². The number of hydrogen-bond acceptors (Lipinski definition) is 4. The Hall–Kier alpha value is -2.60. The van der Waals surface area contributed by atoms with Crippen LogP contribution in [0.15, 0.2) is 42.6 Å². The number of piperidine rings is 1. The number of pyridine rings is 1. The number of methoxy groups -OCH3 is 1. The quantitative estimate of drug-likeness (QED) is 0.644. The van der Waals surface area contributed by atoms with Gasteiger partial charge in [0.05, 0.1) is 18.6 Å². The summed E-state index contributed by atoms with van der Waals surface area (Å²) in [6.07, 6.45) is 6.08. The molecule has 0 radical (unpaired) electrons. The fraction of sp³-hybridized carbons (Fsp3) is 0.519. The molecule has 2 aromatic rings. The molecular weight excluding hydrogens is 450 g/mol. The molecule has 7 heteroatoms. The molecule has 3 unspecified atom stereocenters. The third kappa shape index (κ3) is 5.38. The molecule has 2 aliphatic rings. The molecular formula is C27H34ClN3O3. The van der Waals surface area contributed by atoms with Crippen LogP contribution >= 0.6 is 11.6 Å². The highest BCUT2D eigenvalue weighted by molar-refractivity contribution is 6.30. The predicted molar refractivity (Wildman–Crippen MR) is 133 cm³/mol. The maximum absolute atomic E-state index is 13.7. The minimum Gasteiger partial charge on any atom is -0.481 e. The van der Waals surface area contributed by atoms with Gasteiger partial charge in [-0.2, -0.15) is 0 Å². The van der Waals surface area contributed by atoms with E-state index in [1.165, 1.54) is 11.8 Å². The van der Waals surface area contributed by atoms with Crippen molar-refractivity contribution in [3.05, 3.63) is 58.7 Å². The summed E-state index contributed by atoms with van der Waals surface area (Å²) >= 11 is 6.08. The van der Waals surface area contributed by atoms with Crippen LogP contribution < -0.4 is 10.1 Å². The summed E-state index contributed by atoms with van der Waals surface area (Å²) in [5.41, 5.74) is 1.70. The Labute approximate surface area is 207 Å². The average molecular weight is 484 g/mol. The van der Waals surface area contributed by atoms with Crippen molar-refractivity contribution in [3.63, 3.8) is 0 Å². The van der Waals surface area contributed by atoms with Gasteiger partial charge in [0.25, 0.3) is 5.91 Å². The van der Waals surface area contributed by atoms with Crippen LogP contribution in [0.5, 0.6) is 5.88 Å². The average Bonchev–Trinajstić information content (AvgIpc) is 2.84. The molecule has 2 heterocycles. The van der Waals surface area contributed by atoms with Crippen LogP contribution in [0.3, 0.4) is 0 Å². The number of halogens is 1. The number of hydrogen-bond donors (Lipinski definition) is 1. The molecule has 0 spiro atoms. The zero-order valence-electron chi connectivity index (χ0n) is 20.2. The van der Waals surface area contributed by atoms with Crippen LogP contribution in [-0.2, 0) is 4.79 Å². The first-order valence-electron chi connectivity index (χ1n) is 12.1. The lowest BCUT2D eigenvalue weighted by Gasteiger charge is -2.46. The molecule has 1 N–H and O–H groups in total. The van der Waals surface area contributed by atoms with Crippen molar-refractivity contribution in [2.45, 2.75) is 57.9 Å². The zero-order chi connectivity index (χ0) is 24.3. The Morgan fingerprint density at radius 2 is 1.82 bits per heavy atom. The van der Waals surface area contributed by atoms with Crippen molar-refractivity contribution in [1.82, 2.24) is 15.2 Å². The number of amides is 2. The van der Waals surface area contributed by atoms with E-state index in [0.29, 0.717) is 23.9 Å². The number of nitrogens with one attached hydrogen (secondary N) is 1. The number of aromatic nitrogens is 1. The highest BCUT2D eigenvalue weighted by atomic mass is 35.5. The molecule has 2 fully saturated rings. The lowest BCUT2D eigenvalue weighted by Crippen LogP contribution is -2.54. The number of rotatable bonds is 5. The predicted octanol–water partition coefficient (Wildman–Crippen LogP) is 5.07. The van der Waals surface area contributed by atoms with Gasteiger partial charge in [-0.1, -0.05) is 50.4 Å². The number of carbonyl (C=O) groups excluding carboxylic acids is 2. The van der Waals surface area contributed by atoms with E-state index in [4.69, 9.17) is 16.3 Å². The number of ether oxygens (including phenoxy) is 1. The van der Waals surface area contributed by atoms with Crippen molar-refractivity contribution in [1.29, 1.82) is 0 Å². The first-order valence-corrected chi connectivity index (χ1v) is 12.5. The first-order chi connectivity index (χ1) is 16.3. The second-order valence-corrected chi connectivity index (χ2v) is 10.6. The van der Waals surface area contributed by atoms with Gasteiger partial charge in [0.1, 0.15) is 0 Å². The second-order valence-electron chi connectivity index (χ2n) is 10.2. The molecule has 2 amide bonds. The van der Waals surface area contributed by atoms with Gasteiger partial charge in [-0.25, -0.2) is 4.98 Å². The molecule has 1 aromatic carbocycles. The van der Waals surface area contributed by atoms with Gasteiger partial charge in [-0.05, 0) is 54.4 Å². The van der Waals surface area contributed by atoms with Crippen LogP contribution in [0.4, 0.5) is 0 Å². The van der Waals surface area contributed by atoms with Gasteiger partial charge in [-0.15, -0.1) is 0 Å². The third-order valence-electron chi connectivity index (χ3n) is 7.42. The van der Waals surface area contributed by atoms with Crippen LogP contribution in [0.25, 0.3) is 0 Å². The monoisotopic (exact) mass is 483 g/mol. The topological polar surface area (TPSA) is 71.5 Å². The molecule has 1 aliphatic carbocycles. The molecule has 34 heavy (non-hydrogen) atoms. The van der Waals surface area contributed by atoms with Crippen LogP contribution in [0.2, 0.25) is 5.02 Å². The molecule has 1 saturated carbocycles. The van der Waals surface area contributed by atoms with E-state index in [0.717, 1.165) is 43.7 Å². The zero-order valence-corrected chi connectivity index (χ0v) is 21.0. The highest BCUT2D eigenvalue weighted by Crippen LogP contribution is 2.43. The van der Waals surface area contributed by atoms with Gasteiger partial charge in [0.15, 0.2) is 0 Å². The number of carbonyl (C=O) groups is 2. The van der Waals surface area contributed by atoms with Gasteiger partial charge in [0, 0.05) is 36.4 Å². The Morgan fingerprint density at radius 3 is 2.47 bits per heavy atom. The third-order valence-corrected chi connectivity index (χ3v) is 7.67. The Balaban J connectivity index is 1.43. The lowest BCUT2D eigenvalue weighted by atomic mass is 9.70. The number of nitrogens with zero attached hydrogens (tertiary/aromatic N) is 2. The Bertz CT molecular complexity index is 1010. The number of likely N-dealkylation sites (tertiary alicyclic amines) is 1. The molecule has 0 bridgehead atoms. The van der Waals surface area contributed by atoms with Crippen LogP contribution in [0.1, 0.15) is 67.8 Å². The van der Waals surface area contributed by atoms with Gasteiger partial charge in [0.2, 0.25) is 11.8 Å². The summed E-state index contributed by atoms with van der Waals surface area (Å²) < 4.78 is 5.07. The Kier molecular flexibility index (Phi) is 7.46. The molecule has 182 valence electrons. The van der Waals surface area contributed by atoms with Gasteiger partial charge < -0.3 is 15.0 Å². The smallest absolute Gasteiger partial charge is 0.253 e.